The number of anilines is 1. The molecule has 7 heteroatoms. The van der Waals surface area contributed by atoms with E-state index >= 15 is 0 Å². The summed E-state index contributed by atoms with van der Waals surface area (Å²) in [6, 6.07) is 6.92. The molecule has 3 N–H and O–H groups in total. The van der Waals surface area contributed by atoms with Crippen molar-refractivity contribution in [1.29, 1.82) is 0 Å². The van der Waals surface area contributed by atoms with Crippen molar-refractivity contribution in [2.75, 3.05) is 5.32 Å². The third-order valence-corrected chi connectivity index (χ3v) is 2.41. The van der Waals surface area contributed by atoms with Gasteiger partial charge in [-0.1, -0.05) is 22.9 Å². The maximum Gasteiger partial charge on any atom is 0.319 e. The predicted octanol–water partition coefficient (Wildman–Crippen LogP) is 1.39. The maximum atomic E-state index is 11.7. The zero-order chi connectivity index (χ0) is 13.0. The standard InChI is InChI=1S/C11H14N6O/c1-7-3-5-9(6-4-7)13-11(18)12-8(2)10-14-16-17-15-10/h3-6,8H,1-2H3,(H2,12,13,18)(H,14,15,16,17). The average Bonchev–Trinajstić information content (AvgIpc) is 2.85. The summed E-state index contributed by atoms with van der Waals surface area (Å²) in [4.78, 5) is 11.7. The van der Waals surface area contributed by atoms with Crippen LogP contribution in [0.25, 0.3) is 0 Å². The third-order valence-electron chi connectivity index (χ3n) is 2.41. The first-order valence-corrected chi connectivity index (χ1v) is 5.52. The Kier molecular flexibility index (Phi) is 3.52. The van der Waals surface area contributed by atoms with Crippen LogP contribution < -0.4 is 10.6 Å². The van der Waals surface area contributed by atoms with E-state index in [1.807, 2.05) is 31.2 Å². The molecular formula is C11H14N6O. The van der Waals surface area contributed by atoms with E-state index in [0.717, 1.165) is 11.3 Å². The minimum Gasteiger partial charge on any atom is -0.328 e. The van der Waals surface area contributed by atoms with Gasteiger partial charge in [0.2, 0.25) is 0 Å². The van der Waals surface area contributed by atoms with Gasteiger partial charge in [0.05, 0.1) is 6.04 Å². The number of nitrogens with one attached hydrogen (secondary N) is 3. The van der Waals surface area contributed by atoms with E-state index in [2.05, 4.69) is 31.3 Å². The van der Waals surface area contributed by atoms with Crippen LogP contribution in [0.5, 0.6) is 0 Å². The van der Waals surface area contributed by atoms with Crippen molar-refractivity contribution in [1.82, 2.24) is 25.9 Å². The van der Waals surface area contributed by atoms with Crippen LogP contribution in [0.3, 0.4) is 0 Å². The number of H-pyrrole nitrogens is 1. The molecule has 0 spiro atoms. The maximum absolute atomic E-state index is 11.7. The molecule has 0 saturated carbocycles. The highest BCUT2D eigenvalue weighted by molar-refractivity contribution is 5.89. The van der Waals surface area contributed by atoms with Gasteiger partial charge in [0.15, 0.2) is 5.82 Å². The fourth-order valence-electron chi connectivity index (χ4n) is 1.42. The molecule has 2 aromatic rings. The fourth-order valence-corrected chi connectivity index (χ4v) is 1.42. The van der Waals surface area contributed by atoms with Crippen molar-refractivity contribution >= 4 is 11.7 Å². The molecular weight excluding hydrogens is 232 g/mol. The highest BCUT2D eigenvalue weighted by atomic mass is 16.2. The first kappa shape index (κ1) is 12.0. The van der Waals surface area contributed by atoms with Crippen molar-refractivity contribution in [2.24, 2.45) is 0 Å². The molecule has 0 aliphatic heterocycles. The van der Waals surface area contributed by atoms with Crippen LogP contribution in [-0.2, 0) is 0 Å². The van der Waals surface area contributed by atoms with E-state index in [0.29, 0.717) is 5.82 Å². The quantitative estimate of drug-likeness (QED) is 0.762. The molecule has 1 aromatic heterocycles. The van der Waals surface area contributed by atoms with Gasteiger partial charge in [-0.25, -0.2) is 4.79 Å². The Balaban J connectivity index is 1.91. The molecule has 1 heterocycles. The molecule has 0 aliphatic carbocycles. The van der Waals surface area contributed by atoms with Crippen LogP contribution in [0.2, 0.25) is 0 Å². The number of amides is 2. The minimum atomic E-state index is -0.311. The van der Waals surface area contributed by atoms with Crippen LogP contribution in [0, 0.1) is 6.92 Å². The van der Waals surface area contributed by atoms with Crippen LogP contribution in [0.4, 0.5) is 10.5 Å². The molecule has 1 atom stereocenters. The number of aromatic amines is 1. The van der Waals surface area contributed by atoms with Gasteiger partial charge in [0, 0.05) is 5.69 Å². The lowest BCUT2D eigenvalue weighted by atomic mass is 10.2. The Morgan fingerprint density at radius 3 is 2.67 bits per heavy atom. The summed E-state index contributed by atoms with van der Waals surface area (Å²) in [5.41, 5.74) is 1.87. The van der Waals surface area contributed by atoms with Gasteiger partial charge in [-0.15, -0.1) is 10.2 Å². The number of nitrogens with zero attached hydrogens (tertiary/aromatic N) is 3. The first-order chi connectivity index (χ1) is 8.65. The second kappa shape index (κ2) is 5.26. The summed E-state index contributed by atoms with van der Waals surface area (Å²) in [6.07, 6.45) is 0. The molecule has 2 amide bonds. The van der Waals surface area contributed by atoms with Crippen LogP contribution >= 0.6 is 0 Å². The highest BCUT2D eigenvalue weighted by Crippen LogP contribution is 2.09. The zero-order valence-corrected chi connectivity index (χ0v) is 10.1. The van der Waals surface area contributed by atoms with E-state index in [-0.39, 0.29) is 12.1 Å². The summed E-state index contributed by atoms with van der Waals surface area (Å²) >= 11 is 0. The zero-order valence-electron chi connectivity index (χ0n) is 10.1. The molecule has 0 radical (unpaired) electrons. The van der Waals surface area contributed by atoms with Crippen molar-refractivity contribution in [3.8, 4) is 0 Å². The predicted molar refractivity (Wildman–Crippen MR) is 65.9 cm³/mol. The Morgan fingerprint density at radius 2 is 2.06 bits per heavy atom. The van der Waals surface area contributed by atoms with Crippen molar-refractivity contribution in [3.05, 3.63) is 35.7 Å². The monoisotopic (exact) mass is 246 g/mol. The number of hydrogen-bond donors (Lipinski definition) is 3. The second-order valence-electron chi connectivity index (χ2n) is 3.96. The summed E-state index contributed by atoms with van der Waals surface area (Å²) in [7, 11) is 0. The number of carbonyl (C=O) groups is 1. The number of aromatic nitrogens is 4. The number of rotatable bonds is 3. The Labute approximate surface area is 104 Å². The van der Waals surface area contributed by atoms with Gasteiger partial charge in [-0.05, 0) is 26.0 Å². The summed E-state index contributed by atoms with van der Waals surface area (Å²) in [5.74, 6) is 0.439. The van der Waals surface area contributed by atoms with Crippen LogP contribution in [0.1, 0.15) is 24.4 Å². The number of tetrazole rings is 1. The Hall–Kier alpha value is -2.44. The smallest absolute Gasteiger partial charge is 0.319 e. The van der Waals surface area contributed by atoms with Gasteiger partial charge in [0.1, 0.15) is 0 Å². The summed E-state index contributed by atoms with van der Waals surface area (Å²) < 4.78 is 0. The second-order valence-corrected chi connectivity index (χ2v) is 3.96. The molecule has 0 fully saturated rings. The van der Waals surface area contributed by atoms with Crippen molar-refractivity contribution < 1.29 is 4.79 Å². The topological polar surface area (TPSA) is 95.6 Å². The summed E-state index contributed by atoms with van der Waals surface area (Å²) in [6.45, 7) is 3.77. The highest BCUT2D eigenvalue weighted by Gasteiger charge is 2.13. The molecule has 0 saturated heterocycles. The van der Waals surface area contributed by atoms with Crippen LogP contribution in [-0.4, -0.2) is 26.7 Å². The number of urea groups is 1. The van der Waals surface area contributed by atoms with E-state index < -0.39 is 0 Å². The molecule has 1 unspecified atom stereocenters. The lowest BCUT2D eigenvalue weighted by Crippen LogP contribution is -2.31. The first-order valence-electron chi connectivity index (χ1n) is 5.52. The molecule has 7 nitrogen and oxygen atoms in total. The SMILES string of the molecule is Cc1ccc(NC(=O)NC(C)c2nn[nH]n2)cc1. The number of benzene rings is 1. The number of carbonyl (C=O) groups excluding carboxylic acids is 1. The Bertz CT molecular complexity index is 507. The number of hydrogen-bond acceptors (Lipinski definition) is 4. The van der Waals surface area contributed by atoms with E-state index in [1.165, 1.54) is 0 Å². The van der Waals surface area contributed by atoms with Crippen LogP contribution in [0.15, 0.2) is 24.3 Å². The number of aryl methyl sites for hydroxylation is 1. The minimum absolute atomic E-state index is 0.309. The van der Waals surface area contributed by atoms with E-state index in [1.54, 1.807) is 6.92 Å². The van der Waals surface area contributed by atoms with Gasteiger partial charge in [-0.2, -0.15) is 5.21 Å². The van der Waals surface area contributed by atoms with Gasteiger partial charge < -0.3 is 10.6 Å². The largest absolute Gasteiger partial charge is 0.328 e. The van der Waals surface area contributed by atoms with Gasteiger partial charge >= 0.3 is 6.03 Å². The normalized spacial score (nSPS) is 11.9. The van der Waals surface area contributed by atoms with Gasteiger partial charge in [-0.3, -0.25) is 0 Å². The average molecular weight is 246 g/mol. The molecule has 0 bridgehead atoms. The molecule has 1 aromatic carbocycles. The molecule has 94 valence electrons. The van der Waals surface area contributed by atoms with Crippen molar-refractivity contribution in [3.63, 3.8) is 0 Å². The molecule has 0 aliphatic rings. The van der Waals surface area contributed by atoms with Crippen molar-refractivity contribution in [2.45, 2.75) is 19.9 Å². The van der Waals surface area contributed by atoms with E-state index in [9.17, 15) is 4.79 Å². The molecule has 2 rings (SSSR count). The molecule has 18 heavy (non-hydrogen) atoms. The van der Waals surface area contributed by atoms with E-state index in [4.69, 9.17) is 0 Å². The third kappa shape index (κ3) is 3.03. The fraction of sp³-hybridized carbons (Fsp3) is 0.273. The lowest BCUT2D eigenvalue weighted by molar-refractivity contribution is 0.249. The summed E-state index contributed by atoms with van der Waals surface area (Å²) in [5, 5.41) is 18.8. The van der Waals surface area contributed by atoms with Gasteiger partial charge in [0.25, 0.3) is 0 Å². The Morgan fingerprint density at radius 1 is 1.33 bits per heavy atom. The lowest BCUT2D eigenvalue weighted by Gasteiger charge is -2.11.